The van der Waals surface area contributed by atoms with E-state index in [4.69, 9.17) is 0 Å². The van der Waals surface area contributed by atoms with E-state index in [-0.39, 0.29) is 10.9 Å². The first-order chi connectivity index (χ1) is 6.61. The molecule has 2 aromatic rings. The summed E-state index contributed by atoms with van der Waals surface area (Å²) in [5.41, 5.74) is -0.182. The quantitative estimate of drug-likeness (QED) is 0.663. The summed E-state index contributed by atoms with van der Waals surface area (Å²) in [6.07, 6.45) is 1.31. The van der Waals surface area contributed by atoms with Crippen molar-refractivity contribution >= 4 is 26.8 Å². The van der Waals surface area contributed by atoms with Crippen LogP contribution in [0.15, 0.2) is 22.8 Å². The molecule has 0 fully saturated rings. The van der Waals surface area contributed by atoms with Crippen molar-refractivity contribution in [2.45, 2.75) is 0 Å². The maximum absolute atomic E-state index is 13.1. The third-order valence-corrected chi connectivity index (χ3v) is 2.51. The van der Waals surface area contributed by atoms with Crippen LogP contribution in [0, 0.1) is 17.5 Å². The SMILES string of the molecule is Fc1cc2c(Br)ccnc2c(F)c1F. The zero-order chi connectivity index (χ0) is 10.3. The maximum Gasteiger partial charge on any atom is 0.196 e. The number of hydrogen-bond acceptors (Lipinski definition) is 1. The fraction of sp³-hybridized carbons (Fsp3) is 0. The second-order valence-electron chi connectivity index (χ2n) is 2.68. The summed E-state index contributed by atoms with van der Waals surface area (Å²) >= 11 is 3.09. The van der Waals surface area contributed by atoms with E-state index in [0.29, 0.717) is 4.47 Å². The number of nitrogens with zero attached hydrogens (tertiary/aromatic N) is 1. The Kier molecular flexibility index (Phi) is 2.19. The van der Waals surface area contributed by atoms with Gasteiger partial charge < -0.3 is 0 Å². The van der Waals surface area contributed by atoms with Crippen molar-refractivity contribution in [2.75, 3.05) is 0 Å². The lowest BCUT2D eigenvalue weighted by atomic mass is 10.2. The van der Waals surface area contributed by atoms with Crippen molar-refractivity contribution in [3.05, 3.63) is 40.3 Å². The Bertz CT molecular complexity index is 513. The van der Waals surface area contributed by atoms with E-state index in [0.717, 1.165) is 6.07 Å². The second kappa shape index (κ2) is 3.24. The molecule has 5 heteroatoms. The van der Waals surface area contributed by atoms with Crippen LogP contribution >= 0.6 is 15.9 Å². The number of hydrogen-bond donors (Lipinski definition) is 0. The number of fused-ring (bicyclic) bond motifs is 1. The monoisotopic (exact) mass is 261 g/mol. The summed E-state index contributed by atoms with van der Waals surface area (Å²) in [6, 6.07) is 2.43. The summed E-state index contributed by atoms with van der Waals surface area (Å²) < 4.78 is 39.2. The van der Waals surface area contributed by atoms with Gasteiger partial charge in [0.05, 0.1) is 0 Å². The third-order valence-electron chi connectivity index (χ3n) is 1.82. The smallest absolute Gasteiger partial charge is 0.196 e. The second-order valence-corrected chi connectivity index (χ2v) is 3.53. The Morgan fingerprint density at radius 1 is 1.14 bits per heavy atom. The van der Waals surface area contributed by atoms with Gasteiger partial charge >= 0.3 is 0 Å². The molecule has 0 radical (unpaired) electrons. The van der Waals surface area contributed by atoms with Crippen molar-refractivity contribution in [3.8, 4) is 0 Å². The van der Waals surface area contributed by atoms with Gasteiger partial charge in [0, 0.05) is 16.1 Å². The molecule has 2 rings (SSSR count). The van der Waals surface area contributed by atoms with Crippen molar-refractivity contribution < 1.29 is 13.2 Å². The topological polar surface area (TPSA) is 12.9 Å². The van der Waals surface area contributed by atoms with Gasteiger partial charge in [0.25, 0.3) is 0 Å². The van der Waals surface area contributed by atoms with Gasteiger partial charge in [-0.15, -0.1) is 0 Å². The first-order valence-electron chi connectivity index (χ1n) is 3.69. The van der Waals surface area contributed by atoms with Crippen LogP contribution in [0.4, 0.5) is 13.2 Å². The molecule has 0 aliphatic carbocycles. The van der Waals surface area contributed by atoms with Crippen LogP contribution in [-0.4, -0.2) is 4.98 Å². The normalized spacial score (nSPS) is 10.9. The number of aromatic nitrogens is 1. The van der Waals surface area contributed by atoms with Gasteiger partial charge in [-0.05, 0) is 12.1 Å². The van der Waals surface area contributed by atoms with E-state index >= 15 is 0 Å². The Hall–Kier alpha value is -1.10. The summed E-state index contributed by atoms with van der Waals surface area (Å²) in [6.45, 7) is 0. The lowest BCUT2D eigenvalue weighted by Gasteiger charge is -2.02. The molecule has 0 saturated carbocycles. The lowest BCUT2D eigenvalue weighted by Crippen LogP contribution is -1.94. The highest BCUT2D eigenvalue weighted by Crippen LogP contribution is 2.26. The average Bonchev–Trinajstić information content (AvgIpc) is 2.17. The number of benzene rings is 1. The van der Waals surface area contributed by atoms with Gasteiger partial charge in [-0.1, -0.05) is 15.9 Å². The highest BCUT2D eigenvalue weighted by Gasteiger charge is 2.15. The number of rotatable bonds is 0. The zero-order valence-electron chi connectivity index (χ0n) is 6.69. The molecule has 1 aromatic heterocycles. The Balaban J connectivity index is 2.98. The molecule has 1 heterocycles. The van der Waals surface area contributed by atoms with E-state index in [9.17, 15) is 13.2 Å². The molecule has 0 unspecified atom stereocenters. The van der Waals surface area contributed by atoms with Gasteiger partial charge in [-0.3, -0.25) is 4.98 Å². The molecular formula is C9H3BrF3N. The molecule has 14 heavy (non-hydrogen) atoms. The summed E-state index contributed by atoms with van der Waals surface area (Å²) in [4.78, 5) is 3.63. The molecular weight excluding hydrogens is 259 g/mol. The van der Waals surface area contributed by atoms with Crippen LogP contribution in [0.25, 0.3) is 10.9 Å². The fourth-order valence-electron chi connectivity index (χ4n) is 1.16. The van der Waals surface area contributed by atoms with Crippen LogP contribution in [0.5, 0.6) is 0 Å². The molecule has 0 saturated heterocycles. The maximum atomic E-state index is 13.1. The first-order valence-corrected chi connectivity index (χ1v) is 4.48. The highest BCUT2D eigenvalue weighted by atomic mass is 79.9. The molecule has 1 nitrogen and oxygen atoms in total. The molecule has 0 N–H and O–H groups in total. The van der Waals surface area contributed by atoms with Gasteiger partial charge in [0.15, 0.2) is 17.5 Å². The fourth-order valence-corrected chi connectivity index (χ4v) is 1.58. The molecule has 0 aliphatic heterocycles. The first kappa shape index (κ1) is 9.45. The van der Waals surface area contributed by atoms with Crippen molar-refractivity contribution in [3.63, 3.8) is 0 Å². The minimum absolute atomic E-state index is 0.182. The van der Waals surface area contributed by atoms with Crippen LogP contribution in [-0.2, 0) is 0 Å². The lowest BCUT2D eigenvalue weighted by molar-refractivity contribution is 0.452. The van der Waals surface area contributed by atoms with Crippen LogP contribution in [0.2, 0.25) is 0 Å². The van der Waals surface area contributed by atoms with E-state index in [1.807, 2.05) is 0 Å². The van der Waals surface area contributed by atoms with Crippen LogP contribution < -0.4 is 0 Å². The van der Waals surface area contributed by atoms with Gasteiger partial charge in [0.2, 0.25) is 0 Å². The molecule has 72 valence electrons. The summed E-state index contributed by atoms with van der Waals surface area (Å²) in [5.74, 6) is -3.98. The Morgan fingerprint density at radius 3 is 2.57 bits per heavy atom. The van der Waals surface area contributed by atoms with Crippen molar-refractivity contribution in [1.82, 2.24) is 4.98 Å². The minimum Gasteiger partial charge on any atom is -0.253 e. The van der Waals surface area contributed by atoms with Gasteiger partial charge in [-0.2, -0.15) is 0 Å². The van der Waals surface area contributed by atoms with Crippen LogP contribution in [0.1, 0.15) is 0 Å². The Morgan fingerprint density at radius 2 is 1.86 bits per heavy atom. The predicted molar refractivity (Wildman–Crippen MR) is 49.3 cm³/mol. The number of pyridine rings is 1. The van der Waals surface area contributed by atoms with E-state index < -0.39 is 17.5 Å². The molecule has 0 amide bonds. The van der Waals surface area contributed by atoms with E-state index in [1.165, 1.54) is 12.3 Å². The molecule has 0 bridgehead atoms. The minimum atomic E-state index is -1.50. The molecule has 1 aromatic carbocycles. The largest absolute Gasteiger partial charge is 0.253 e. The van der Waals surface area contributed by atoms with Gasteiger partial charge in [0.1, 0.15) is 5.52 Å². The molecule has 0 atom stereocenters. The van der Waals surface area contributed by atoms with Crippen molar-refractivity contribution in [1.29, 1.82) is 0 Å². The standard InChI is InChI=1S/C9H3BrF3N/c10-5-1-2-14-9-4(5)3-6(11)7(12)8(9)13/h1-3H. The number of halogens is 4. The van der Waals surface area contributed by atoms with Crippen LogP contribution in [0.3, 0.4) is 0 Å². The van der Waals surface area contributed by atoms with E-state index in [2.05, 4.69) is 20.9 Å². The Labute approximate surface area is 85.7 Å². The molecule has 0 aliphatic rings. The van der Waals surface area contributed by atoms with E-state index in [1.54, 1.807) is 0 Å². The summed E-state index contributed by atoms with van der Waals surface area (Å²) in [7, 11) is 0. The summed E-state index contributed by atoms with van der Waals surface area (Å²) in [5, 5.41) is 0.212. The highest BCUT2D eigenvalue weighted by molar-refractivity contribution is 9.10. The molecule has 0 spiro atoms. The van der Waals surface area contributed by atoms with Crippen molar-refractivity contribution in [2.24, 2.45) is 0 Å². The third kappa shape index (κ3) is 1.28. The predicted octanol–water partition coefficient (Wildman–Crippen LogP) is 3.41. The average molecular weight is 262 g/mol. The zero-order valence-corrected chi connectivity index (χ0v) is 8.28. The van der Waals surface area contributed by atoms with Gasteiger partial charge in [-0.25, -0.2) is 13.2 Å².